The Labute approximate surface area is 218 Å². The van der Waals surface area contributed by atoms with E-state index in [0.717, 1.165) is 28.1 Å². The number of benzene rings is 3. The summed E-state index contributed by atoms with van der Waals surface area (Å²) < 4.78 is 27.7. The molecule has 4 atom stereocenters. The zero-order chi connectivity index (χ0) is 25.5. The van der Waals surface area contributed by atoms with Gasteiger partial charge in [-0.1, -0.05) is 91.0 Å². The van der Waals surface area contributed by atoms with Gasteiger partial charge in [-0.3, -0.25) is 0 Å². The van der Waals surface area contributed by atoms with E-state index in [4.69, 9.17) is 24.0 Å². The van der Waals surface area contributed by atoms with Gasteiger partial charge in [0, 0.05) is 5.69 Å². The lowest BCUT2D eigenvalue weighted by Crippen LogP contribution is -2.38. The minimum absolute atomic E-state index is 0.317. The van der Waals surface area contributed by atoms with Crippen LogP contribution in [-0.4, -0.2) is 34.7 Å². The fourth-order valence-electron chi connectivity index (χ4n) is 4.72. The van der Waals surface area contributed by atoms with Gasteiger partial charge in [0.05, 0.1) is 32.1 Å². The molecule has 1 saturated heterocycles. The fraction of sp³-hybridized carbons (Fsp3) is 0.323. The Hall–Kier alpha value is -3.29. The number of hydrogen-bond acceptors (Lipinski definition) is 5. The molecule has 0 unspecified atom stereocenters. The summed E-state index contributed by atoms with van der Waals surface area (Å²) in [7, 11) is 0. The molecule has 3 aromatic carbocycles. The molecule has 6 nitrogen and oxygen atoms in total. The number of aromatic nitrogens is 2. The van der Waals surface area contributed by atoms with Crippen molar-refractivity contribution >= 4 is 0 Å². The number of hydrogen-bond donors (Lipinski definition) is 0. The second-order valence-corrected chi connectivity index (χ2v) is 9.46. The van der Waals surface area contributed by atoms with Crippen molar-refractivity contribution in [3.8, 4) is 0 Å². The van der Waals surface area contributed by atoms with Crippen LogP contribution in [0.25, 0.3) is 0 Å². The second-order valence-electron chi connectivity index (χ2n) is 9.46. The molecule has 0 N–H and O–H groups in total. The molecule has 0 amide bonds. The van der Waals surface area contributed by atoms with E-state index < -0.39 is 6.23 Å². The van der Waals surface area contributed by atoms with Crippen LogP contribution in [-0.2, 0) is 38.8 Å². The van der Waals surface area contributed by atoms with Crippen LogP contribution in [0.15, 0.2) is 97.1 Å². The molecule has 0 aliphatic carbocycles. The first-order valence-corrected chi connectivity index (χ1v) is 12.8. The summed E-state index contributed by atoms with van der Waals surface area (Å²) in [5.41, 5.74) is 5.27. The Morgan fingerprint density at radius 1 is 0.703 bits per heavy atom. The summed E-state index contributed by atoms with van der Waals surface area (Å²) in [6.45, 7) is 5.83. The van der Waals surface area contributed by atoms with E-state index >= 15 is 0 Å². The average molecular weight is 499 g/mol. The lowest BCUT2D eigenvalue weighted by molar-refractivity contribution is -0.0937. The van der Waals surface area contributed by atoms with Gasteiger partial charge in [0.15, 0.2) is 6.23 Å². The Morgan fingerprint density at radius 2 is 1.22 bits per heavy atom. The summed E-state index contributed by atoms with van der Waals surface area (Å²) >= 11 is 0. The van der Waals surface area contributed by atoms with Gasteiger partial charge in [-0.15, -0.1) is 0 Å². The predicted molar refractivity (Wildman–Crippen MR) is 142 cm³/mol. The van der Waals surface area contributed by atoms with Gasteiger partial charge in [0.1, 0.15) is 18.3 Å². The van der Waals surface area contributed by atoms with Gasteiger partial charge in [-0.25, -0.2) is 4.68 Å². The summed E-state index contributed by atoms with van der Waals surface area (Å²) in [6, 6.07) is 32.6. The van der Waals surface area contributed by atoms with Gasteiger partial charge in [-0.05, 0) is 36.6 Å². The first kappa shape index (κ1) is 25.4. The molecule has 4 aromatic rings. The maximum atomic E-state index is 6.61. The number of rotatable bonds is 11. The fourth-order valence-corrected chi connectivity index (χ4v) is 4.72. The van der Waals surface area contributed by atoms with E-state index in [0.29, 0.717) is 26.4 Å². The molecule has 0 saturated carbocycles. The van der Waals surface area contributed by atoms with Crippen molar-refractivity contribution in [2.24, 2.45) is 0 Å². The molecular formula is C31H34N2O4. The first-order valence-electron chi connectivity index (χ1n) is 12.8. The van der Waals surface area contributed by atoms with Crippen LogP contribution in [0.5, 0.6) is 0 Å². The van der Waals surface area contributed by atoms with Crippen molar-refractivity contribution in [1.82, 2.24) is 9.78 Å². The minimum atomic E-state index is -0.427. The minimum Gasteiger partial charge on any atom is -0.374 e. The normalized spacial score (nSPS) is 21.4. The maximum absolute atomic E-state index is 6.61. The molecule has 0 spiro atoms. The van der Waals surface area contributed by atoms with Crippen LogP contribution in [0, 0.1) is 13.8 Å². The Morgan fingerprint density at radius 3 is 1.73 bits per heavy atom. The molecule has 5 rings (SSSR count). The lowest BCUT2D eigenvalue weighted by Gasteiger charge is -2.25. The van der Waals surface area contributed by atoms with Crippen molar-refractivity contribution in [2.75, 3.05) is 6.61 Å². The van der Waals surface area contributed by atoms with Gasteiger partial charge < -0.3 is 18.9 Å². The van der Waals surface area contributed by atoms with Gasteiger partial charge in [0.25, 0.3) is 0 Å². The molecule has 1 aliphatic heterocycles. The Bertz CT molecular complexity index is 1230. The number of nitrogens with zero attached hydrogens (tertiary/aromatic N) is 2. The average Bonchev–Trinajstić information content (AvgIpc) is 3.45. The third-order valence-corrected chi connectivity index (χ3v) is 6.54. The van der Waals surface area contributed by atoms with Crippen LogP contribution in [0.3, 0.4) is 0 Å². The van der Waals surface area contributed by atoms with E-state index in [1.165, 1.54) is 0 Å². The molecule has 1 fully saturated rings. The molecule has 1 aliphatic rings. The molecule has 192 valence electrons. The van der Waals surface area contributed by atoms with Crippen LogP contribution in [0.1, 0.15) is 34.3 Å². The third-order valence-electron chi connectivity index (χ3n) is 6.54. The van der Waals surface area contributed by atoms with Crippen LogP contribution < -0.4 is 0 Å². The molecule has 0 bridgehead atoms. The highest BCUT2D eigenvalue weighted by Gasteiger charge is 2.48. The summed E-state index contributed by atoms with van der Waals surface area (Å²) in [6.07, 6.45) is -1.45. The molecule has 6 heteroatoms. The first-order chi connectivity index (χ1) is 18.2. The lowest BCUT2D eigenvalue weighted by atomic mass is 10.1. The maximum Gasteiger partial charge on any atom is 0.179 e. The molecular weight excluding hydrogens is 464 g/mol. The predicted octanol–water partition coefficient (Wildman–Crippen LogP) is 5.78. The quantitative estimate of drug-likeness (QED) is 0.262. The van der Waals surface area contributed by atoms with Crippen molar-refractivity contribution in [3.63, 3.8) is 0 Å². The van der Waals surface area contributed by atoms with Gasteiger partial charge in [0.2, 0.25) is 0 Å². The van der Waals surface area contributed by atoms with Crippen molar-refractivity contribution in [1.29, 1.82) is 0 Å². The molecule has 37 heavy (non-hydrogen) atoms. The molecule has 1 aromatic heterocycles. The molecule has 2 heterocycles. The zero-order valence-electron chi connectivity index (χ0n) is 21.4. The largest absolute Gasteiger partial charge is 0.374 e. The van der Waals surface area contributed by atoms with E-state index in [9.17, 15) is 0 Å². The van der Waals surface area contributed by atoms with Crippen LogP contribution >= 0.6 is 0 Å². The third kappa shape index (κ3) is 6.53. The van der Waals surface area contributed by atoms with Crippen molar-refractivity contribution < 1.29 is 18.9 Å². The summed E-state index contributed by atoms with van der Waals surface area (Å²) in [5, 5.41) is 4.73. The van der Waals surface area contributed by atoms with Crippen LogP contribution in [0.2, 0.25) is 0 Å². The monoisotopic (exact) mass is 498 g/mol. The van der Waals surface area contributed by atoms with Gasteiger partial charge >= 0.3 is 0 Å². The highest BCUT2D eigenvalue weighted by molar-refractivity contribution is 5.16. The highest BCUT2D eigenvalue weighted by atomic mass is 16.6. The standard InChI is InChI=1S/C31H34N2O4/c1-23-18-24(2)33(32-23)31-30(36-21-27-16-10-5-11-17-27)29(35-20-26-14-8-4-9-15-26)28(37-31)22-34-19-25-12-6-3-7-13-25/h3-18,28-31H,19-22H2,1-2H3/t28-,29-,30-,31-/m1/s1. The topological polar surface area (TPSA) is 54.7 Å². The van der Waals surface area contributed by atoms with Gasteiger partial charge in [-0.2, -0.15) is 5.10 Å². The smallest absolute Gasteiger partial charge is 0.179 e. The zero-order valence-corrected chi connectivity index (χ0v) is 21.4. The van der Waals surface area contributed by atoms with E-state index in [1.54, 1.807) is 0 Å². The van der Waals surface area contributed by atoms with E-state index in [-0.39, 0.29) is 18.3 Å². The van der Waals surface area contributed by atoms with E-state index in [1.807, 2.05) is 73.1 Å². The number of ether oxygens (including phenoxy) is 4. The SMILES string of the molecule is Cc1cc(C)n([C@@H]2O[C@H](COCc3ccccc3)[C@@H](OCc3ccccc3)[C@H]2OCc2ccccc2)n1. The summed E-state index contributed by atoms with van der Waals surface area (Å²) in [5.74, 6) is 0. The van der Waals surface area contributed by atoms with Crippen molar-refractivity contribution in [3.05, 3.63) is 125 Å². The Kier molecular flexibility index (Phi) is 8.43. The highest BCUT2D eigenvalue weighted by Crippen LogP contribution is 2.36. The van der Waals surface area contributed by atoms with Crippen molar-refractivity contribution in [2.45, 2.75) is 58.2 Å². The summed E-state index contributed by atoms with van der Waals surface area (Å²) in [4.78, 5) is 0. The second kappa shape index (κ2) is 12.3. The molecule has 0 radical (unpaired) electrons. The number of aryl methyl sites for hydroxylation is 2. The van der Waals surface area contributed by atoms with E-state index in [2.05, 4.69) is 42.5 Å². The van der Waals surface area contributed by atoms with Crippen LogP contribution in [0.4, 0.5) is 0 Å². The Balaban J connectivity index is 1.38.